The monoisotopic (exact) mass is 236 g/mol. The van der Waals surface area contributed by atoms with Crippen LogP contribution in [0.4, 0.5) is 0 Å². The van der Waals surface area contributed by atoms with Crippen molar-refractivity contribution >= 4 is 5.91 Å². The van der Waals surface area contributed by atoms with Gasteiger partial charge in [-0.05, 0) is 26.0 Å². The molecule has 1 amide bonds. The van der Waals surface area contributed by atoms with E-state index in [1.54, 1.807) is 0 Å². The van der Waals surface area contributed by atoms with Gasteiger partial charge in [-0.15, -0.1) is 0 Å². The van der Waals surface area contributed by atoms with E-state index in [0.29, 0.717) is 5.56 Å². The number of amides is 1. The largest absolute Gasteiger partial charge is 0.430 e. The Bertz CT molecular complexity index is 435. The summed E-state index contributed by atoms with van der Waals surface area (Å²) < 4.78 is 4.72. The van der Waals surface area contributed by atoms with Crippen molar-refractivity contribution in [3.8, 4) is 0 Å². The van der Waals surface area contributed by atoms with E-state index in [1.165, 1.54) is 18.4 Å². The van der Waals surface area contributed by atoms with Crippen molar-refractivity contribution in [2.24, 2.45) is 0 Å². The average Bonchev–Trinajstić information content (AvgIpc) is 2.78. The molecule has 0 bridgehead atoms. The second kappa shape index (κ2) is 5.14. The maximum atomic E-state index is 12.2. The summed E-state index contributed by atoms with van der Waals surface area (Å²) in [5.41, 5.74) is 0.00218. The molecule has 1 unspecified atom stereocenters. The summed E-state index contributed by atoms with van der Waals surface area (Å²) in [6.45, 7) is 1.56. The van der Waals surface area contributed by atoms with Crippen molar-refractivity contribution in [1.29, 1.82) is 0 Å². The van der Waals surface area contributed by atoms with Crippen molar-refractivity contribution < 1.29 is 9.21 Å². The van der Waals surface area contributed by atoms with Crippen LogP contribution in [0.25, 0.3) is 0 Å². The van der Waals surface area contributed by atoms with E-state index in [0.717, 1.165) is 25.9 Å². The fourth-order valence-corrected chi connectivity index (χ4v) is 2.20. The van der Waals surface area contributed by atoms with Crippen LogP contribution in [0.3, 0.4) is 0 Å². The van der Waals surface area contributed by atoms with Crippen molar-refractivity contribution in [2.45, 2.75) is 18.9 Å². The quantitative estimate of drug-likeness (QED) is 0.828. The third-order valence-corrected chi connectivity index (χ3v) is 3.03. The predicted octanol–water partition coefficient (Wildman–Crippen LogP) is 0.464. The van der Waals surface area contributed by atoms with Crippen molar-refractivity contribution in [3.63, 3.8) is 0 Å². The molecule has 1 N–H and O–H groups in total. The van der Waals surface area contributed by atoms with Gasteiger partial charge in [-0.3, -0.25) is 4.79 Å². The first-order valence-corrected chi connectivity index (χ1v) is 5.77. The van der Waals surface area contributed by atoms with E-state index in [4.69, 9.17) is 4.42 Å². The number of hydrogen-bond acceptors (Lipinski definition) is 4. The highest BCUT2D eigenvalue weighted by molar-refractivity contribution is 5.94. The minimum absolute atomic E-state index is 0.0634. The molecule has 2 rings (SSSR count). The van der Waals surface area contributed by atoms with Crippen molar-refractivity contribution in [1.82, 2.24) is 10.2 Å². The van der Waals surface area contributed by atoms with E-state index >= 15 is 0 Å². The molecule has 1 fully saturated rings. The molecule has 5 heteroatoms. The van der Waals surface area contributed by atoms with Gasteiger partial charge in [-0.1, -0.05) is 0 Å². The standard InChI is InChI=1S/C12H16N2O3/c1-13-7-10-3-2-6-14(10)12(16)9-4-5-11(15)17-8-9/h4-5,8,10,13H,2-3,6-7H2,1H3. The van der Waals surface area contributed by atoms with Gasteiger partial charge in [-0.2, -0.15) is 0 Å². The molecular weight excluding hydrogens is 220 g/mol. The Morgan fingerprint density at radius 3 is 3.06 bits per heavy atom. The molecule has 0 radical (unpaired) electrons. The number of likely N-dealkylation sites (tertiary alicyclic amines) is 1. The molecular formula is C12H16N2O3. The molecule has 0 saturated carbocycles. The number of rotatable bonds is 3. The number of likely N-dealkylation sites (N-methyl/N-ethyl adjacent to an activating group) is 1. The lowest BCUT2D eigenvalue weighted by Gasteiger charge is -2.24. The topological polar surface area (TPSA) is 62.6 Å². The summed E-state index contributed by atoms with van der Waals surface area (Å²) in [6.07, 6.45) is 3.28. The van der Waals surface area contributed by atoms with Crippen molar-refractivity contribution in [3.05, 3.63) is 34.4 Å². The van der Waals surface area contributed by atoms with Gasteiger partial charge in [0.2, 0.25) is 0 Å². The highest BCUT2D eigenvalue weighted by Crippen LogP contribution is 2.19. The van der Waals surface area contributed by atoms with Crippen LogP contribution in [0.1, 0.15) is 23.2 Å². The second-order valence-corrected chi connectivity index (χ2v) is 4.20. The lowest BCUT2D eigenvalue weighted by molar-refractivity contribution is 0.0734. The molecule has 1 atom stereocenters. The van der Waals surface area contributed by atoms with Gasteiger partial charge in [-0.25, -0.2) is 4.79 Å². The first kappa shape index (κ1) is 11.9. The number of nitrogens with one attached hydrogen (secondary N) is 1. The second-order valence-electron chi connectivity index (χ2n) is 4.20. The zero-order chi connectivity index (χ0) is 12.3. The van der Waals surface area contributed by atoms with Crippen LogP contribution in [-0.4, -0.2) is 37.0 Å². The lowest BCUT2D eigenvalue weighted by Crippen LogP contribution is -2.40. The molecule has 0 aliphatic carbocycles. The van der Waals surface area contributed by atoms with Gasteiger partial charge >= 0.3 is 5.63 Å². The number of carbonyl (C=O) groups is 1. The Morgan fingerprint density at radius 2 is 2.41 bits per heavy atom. The fraction of sp³-hybridized carbons (Fsp3) is 0.500. The number of carbonyl (C=O) groups excluding carboxylic acids is 1. The van der Waals surface area contributed by atoms with Crippen LogP contribution in [0.15, 0.2) is 27.6 Å². The van der Waals surface area contributed by atoms with E-state index in [9.17, 15) is 9.59 Å². The number of hydrogen-bond donors (Lipinski definition) is 1. The van der Waals surface area contributed by atoms with Crippen LogP contribution < -0.4 is 10.9 Å². The maximum absolute atomic E-state index is 12.2. The molecule has 92 valence electrons. The molecule has 0 spiro atoms. The molecule has 1 saturated heterocycles. The molecule has 1 aromatic rings. The van der Waals surface area contributed by atoms with Crippen LogP contribution in [-0.2, 0) is 0 Å². The molecule has 17 heavy (non-hydrogen) atoms. The summed E-state index contributed by atoms with van der Waals surface area (Å²) >= 11 is 0. The van der Waals surface area contributed by atoms with Crippen LogP contribution in [0.2, 0.25) is 0 Å². The normalized spacial score (nSPS) is 19.6. The van der Waals surface area contributed by atoms with Gasteiger partial charge < -0.3 is 14.6 Å². The van der Waals surface area contributed by atoms with Crippen LogP contribution in [0, 0.1) is 0 Å². The van der Waals surface area contributed by atoms with Gasteiger partial charge in [0, 0.05) is 25.2 Å². The maximum Gasteiger partial charge on any atom is 0.335 e. The fourth-order valence-electron chi connectivity index (χ4n) is 2.20. The minimum atomic E-state index is -0.435. The lowest BCUT2D eigenvalue weighted by atomic mass is 10.2. The minimum Gasteiger partial charge on any atom is -0.430 e. The molecule has 1 aliphatic heterocycles. The molecule has 2 heterocycles. The molecule has 1 aliphatic rings. The van der Waals surface area contributed by atoms with E-state index in [2.05, 4.69) is 5.32 Å². The first-order valence-electron chi connectivity index (χ1n) is 5.77. The SMILES string of the molecule is CNCC1CCCN1C(=O)c1ccc(=O)oc1. The summed E-state index contributed by atoms with van der Waals surface area (Å²) in [5.74, 6) is -0.0634. The summed E-state index contributed by atoms with van der Waals surface area (Å²) in [6, 6.07) is 3.03. The molecule has 5 nitrogen and oxygen atoms in total. The Labute approximate surface area is 99.4 Å². The van der Waals surface area contributed by atoms with Gasteiger partial charge in [0.15, 0.2) is 0 Å². The zero-order valence-electron chi connectivity index (χ0n) is 9.81. The first-order chi connectivity index (χ1) is 8.22. The smallest absolute Gasteiger partial charge is 0.335 e. The Balaban J connectivity index is 2.13. The van der Waals surface area contributed by atoms with Gasteiger partial charge in [0.25, 0.3) is 5.91 Å². The highest BCUT2D eigenvalue weighted by atomic mass is 16.4. The number of nitrogens with zero attached hydrogens (tertiary/aromatic N) is 1. The molecule has 1 aromatic heterocycles. The van der Waals surface area contributed by atoms with Gasteiger partial charge in [0.05, 0.1) is 5.56 Å². The van der Waals surface area contributed by atoms with E-state index in [-0.39, 0.29) is 11.9 Å². The van der Waals surface area contributed by atoms with Crippen molar-refractivity contribution in [2.75, 3.05) is 20.1 Å². The zero-order valence-corrected chi connectivity index (χ0v) is 9.81. The highest BCUT2D eigenvalue weighted by Gasteiger charge is 2.28. The van der Waals surface area contributed by atoms with E-state index < -0.39 is 5.63 Å². The summed E-state index contributed by atoms with van der Waals surface area (Å²) in [7, 11) is 1.88. The summed E-state index contributed by atoms with van der Waals surface area (Å²) in [5, 5.41) is 3.09. The Kier molecular flexibility index (Phi) is 3.58. The van der Waals surface area contributed by atoms with Crippen LogP contribution in [0.5, 0.6) is 0 Å². The predicted molar refractivity (Wildman–Crippen MR) is 63.0 cm³/mol. The average molecular weight is 236 g/mol. The Hall–Kier alpha value is -1.62. The molecule has 0 aromatic carbocycles. The van der Waals surface area contributed by atoms with Crippen LogP contribution >= 0.6 is 0 Å². The third-order valence-electron chi connectivity index (χ3n) is 3.03. The third kappa shape index (κ3) is 2.55. The Morgan fingerprint density at radius 1 is 1.59 bits per heavy atom. The van der Waals surface area contributed by atoms with Gasteiger partial charge in [0.1, 0.15) is 6.26 Å². The van der Waals surface area contributed by atoms with E-state index in [1.807, 2.05) is 11.9 Å². The summed E-state index contributed by atoms with van der Waals surface area (Å²) in [4.78, 5) is 24.8.